The average Bonchev–Trinajstić information content (AvgIpc) is 3.46. The van der Waals surface area contributed by atoms with Crippen molar-refractivity contribution in [1.82, 2.24) is 0 Å². The highest BCUT2D eigenvalue weighted by atomic mass is 14.4. The maximum atomic E-state index is 2.52. The van der Waals surface area contributed by atoms with Crippen LogP contribution in [-0.2, 0) is 10.8 Å². The standard InChI is InChI=1S/C46H34/c1-45(2)40-20-12-11-18-33(40)34-22-21-27(23-41(34)45)36-25-43-44(35-19-10-9-17-32(35)36)39-24-37-30-15-7-5-13-28(30)29-14-6-8-16-31(29)38(37)26-42(39)46(43,3)4/h5-26H,1-4H3. The van der Waals surface area contributed by atoms with Gasteiger partial charge in [0.05, 0.1) is 0 Å². The summed E-state index contributed by atoms with van der Waals surface area (Å²) in [5.41, 5.74) is 13.6. The summed E-state index contributed by atoms with van der Waals surface area (Å²) in [6.07, 6.45) is 0. The molecule has 0 saturated carbocycles. The lowest BCUT2D eigenvalue weighted by Crippen LogP contribution is -2.15. The molecule has 0 radical (unpaired) electrons. The fourth-order valence-electron chi connectivity index (χ4n) is 9.09. The van der Waals surface area contributed by atoms with Gasteiger partial charge >= 0.3 is 0 Å². The van der Waals surface area contributed by atoms with Crippen LogP contribution in [0.5, 0.6) is 0 Å². The summed E-state index contributed by atoms with van der Waals surface area (Å²) in [6, 6.07) is 50.6. The minimum Gasteiger partial charge on any atom is -0.0619 e. The number of benzene rings is 8. The second-order valence-corrected chi connectivity index (χ2v) is 14.5. The average molecular weight is 587 g/mol. The lowest BCUT2D eigenvalue weighted by Gasteiger charge is -2.24. The van der Waals surface area contributed by atoms with Crippen molar-refractivity contribution in [3.8, 4) is 33.4 Å². The predicted molar refractivity (Wildman–Crippen MR) is 197 cm³/mol. The van der Waals surface area contributed by atoms with Crippen LogP contribution in [0.4, 0.5) is 0 Å². The van der Waals surface area contributed by atoms with Gasteiger partial charge in [0.15, 0.2) is 0 Å². The van der Waals surface area contributed by atoms with E-state index in [1.807, 2.05) is 0 Å². The minimum atomic E-state index is -0.142. The molecule has 0 bridgehead atoms. The van der Waals surface area contributed by atoms with Gasteiger partial charge in [-0.05, 0) is 123 Å². The van der Waals surface area contributed by atoms with E-state index in [9.17, 15) is 0 Å². The molecule has 2 aliphatic rings. The van der Waals surface area contributed by atoms with Crippen LogP contribution in [0.25, 0.3) is 76.5 Å². The van der Waals surface area contributed by atoms with Crippen LogP contribution in [0, 0.1) is 0 Å². The van der Waals surface area contributed by atoms with E-state index >= 15 is 0 Å². The summed E-state index contributed by atoms with van der Waals surface area (Å²) in [4.78, 5) is 0. The van der Waals surface area contributed by atoms with Crippen molar-refractivity contribution in [3.63, 3.8) is 0 Å². The first kappa shape index (κ1) is 26.1. The van der Waals surface area contributed by atoms with Crippen LogP contribution in [-0.4, -0.2) is 0 Å². The topological polar surface area (TPSA) is 0 Å². The van der Waals surface area contributed by atoms with Gasteiger partial charge in [0, 0.05) is 10.8 Å². The van der Waals surface area contributed by atoms with Crippen LogP contribution < -0.4 is 0 Å². The Labute approximate surface area is 270 Å². The maximum Gasteiger partial charge on any atom is 0.0159 e. The third-order valence-electron chi connectivity index (χ3n) is 11.4. The Morgan fingerprint density at radius 3 is 1.50 bits per heavy atom. The molecule has 2 aliphatic carbocycles. The zero-order valence-electron chi connectivity index (χ0n) is 26.7. The molecule has 0 spiro atoms. The maximum absolute atomic E-state index is 2.52. The largest absolute Gasteiger partial charge is 0.0619 e. The van der Waals surface area contributed by atoms with E-state index in [4.69, 9.17) is 0 Å². The SMILES string of the molecule is CC1(C)c2ccccc2-c2ccc(-c3cc4c(c5ccccc35)-c3cc5c6ccccc6c6ccccc6c5cc3C4(C)C)cc21. The van der Waals surface area contributed by atoms with Gasteiger partial charge in [0.1, 0.15) is 0 Å². The normalized spacial score (nSPS) is 15.3. The van der Waals surface area contributed by atoms with Gasteiger partial charge in [0.25, 0.3) is 0 Å². The van der Waals surface area contributed by atoms with E-state index < -0.39 is 0 Å². The Balaban J connectivity index is 1.26. The van der Waals surface area contributed by atoms with Gasteiger partial charge < -0.3 is 0 Å². The van der Waals surface area contributed by atoms with Crippen molar-refractivity contribution < 1.29 is 0 Å². The number of hydrogen-bond donors (Lipinski definition) is 0. The lowest BCUT2D eigenvalue weighted by molar-refractivity contribution is 0.660. The fourth-order valence-corrected chi connectivity index (χ4v) is 9.09. The second kappa shape index (κ2) is 8.74. The molecule has 0 saturated heterocycles. The molecule has 218 valence electrons. The van der Waals surface area contributed by atoms with E-state index in [1.165, 1.54) is 98.7 Å². The highest BCUT2D eigenvalue weighted by Crippen LogP contribution is 2.56. The van der Waals surface area contributed by atoms with Crippen molar-refractivity contribution in [2.45, 2.75) is 38.5 Å². The molecule has 46 heavy (non-hydrogen) atoms. The molecule has 0 nitrogen and oxygen atoms in total. The smallest absolute Gasteiger partial charge is 0.0159 e. The molecule has 0 amide bonds. The molecule has 0 unspecified atom stereocenters. The molecule has 0 aliphatic heterocycles. The van der Waals surface area contributed by atoms with Gasteiger partial charge in [-0.3, -0.25) is 0 Å². The Kier molecular flexibility index (Phi) is 4.95. The number of fused-ring (bicyclic) bond motifs is 14. The quantitative estimate of drug-likeness (QED) is 0.168. The Hall–Kier alpha value is -5.20. The first-order chi connectivity index (χ1) is 22.3. The molecule has 8 aromatic rings. The van der Waals surface area contributed by atoms with Crippen LogP contribution in [0.15, 0.2) is 133 Å². The zero-order valence-corrected chi connectivity index (χ0v) is 26.7. The molecule has 8 aromatic carbocycles. The van der Waals surface area contributed by atoms with Crippen LogP contribution in [0.3, 0.4) is 0 Å². The highest BCUT2D eigenvalue weighted by Gasteiger charge is 2.39. The molecule has 0 fully saturated rings. The Morgan fingerprint density at radius 2 is 0.804 bits per heavy atom. The van der Waals surface area contributed by atoms with E-state index in [-0.39, 0.29) is 10.8 Å². The van der Waals surface area contributed by atoms with Crippen LogP contribution in [0.1, 0.15) is 49.9 Å². The third kappa shape index (κ3) is 3.19. The summed E-state index contributed by atoms with van der Waals surface area (Å²) >= 11 is 0. The van der Waals surface area contributed by atoms with Gasteiger partial charge in [-0.1, -0.05) is 137 Å². The molecule has 0 atom stereocenters. The first-order valence-electron chi connectivity index (χ1n) is 16.5. The monoisotopic (exact) mass is 586 g/mol. The van der Waals surface area contributed by atoms with Gasteiger partial charge in [-0.2, -0.15) is 0 Å². The van der Waals surface area contributed by atoms with Crippen molar-refractivity contribution in [3.05, 3.63) is 156 Å². The molecule has 10 rings (SSSR count). The minimum absolute atomic E-state index is 0.0321. The lowest BCUT2D eigenvalue weighted by atomic mass is 9.79. The van der Waals surface area contributed by atoms with Crippen LogP contribution in [0.2, 0.25) is 0 Å². The van der Waals surface area contributed by atoms with Gasteiger partial charge in [0.2, 0.25) is 0 Å². The van der Waals surface area contributed by atoms with Gasteiger partial charge in [-0.15, -0.1) is 0 Å². The van der Waals surface area contributed by atoms with Crippen molar-refractivity contribution >= 4 is 43.1 Å². The fraction of sp³-hybridized carbons (Fsp3) is 0.130. The summed E-state index contributed by atoms with van der Waals surface area (Å²) in [6.45, 7) is 9.60. The van der Waals surface area contributed by atoms with Crippen LogP contribution >= 0.6 is 0 Å². The van der Waals surface area contributed by atoms with Crippen molar-refractivity contribution in [1.29, 1.82) is 0 Å². The Bertz CT molecular complexity index is 2630. The van der Waals surface area contributed by atoms with Crippen molar-refractivity contribution in [2.75, 3.05) is 0 Å². The third-order valence-corrected chi connectivity index (χ3v) is 11.4. The van der Waals surface area contributed by atoms with E-state index in [0.717, 1.165) is 0 Å². The molecular weight excluding hydrogens is 553 g/mol. The molecule has 0 N–H and O–H groups in total. The first-order valence-corrected chi connectivity index (χ1v) is 16.5. The summed E-state index contributed by atoms with van der Waals surface area (Å²) < 4.78 is 0. The number of rotatable bonds is 1. The van der Waals surface area contributed by atoms with E-state index in [2.05, 4.69) is 161 Å². The molecule has 0 aromatic heterocycles. The predicted octanol–water partition coefficient (Wildman–Crippen LogP) is 12.6. The summed E-state index contributed by atoms with van der Waals surface area (Å²) in [5.74, 6) is 0. The molecular formula is C46H34. The van der Waals surface area contributed by atoms with Gasteiger partial charge in [-0.25, -0.2) is 0 Å². The zero-order chi connectivity index (χ0) is 30.9. The van der Waals surface area contributed by atoms with E-state index in [1.54, 1.807) is 0 Å². The van der Waals surface area contributed by atoms with E-state index in [0.29, 0.717) is 0 Å². The van der Waals surface area contributed by atoms with Crippen molar-refractivity contribution in [2.24, 2.45) is 0 Å². The highest BCUT2D eigenvalue weighted by molar-refractivity contribution is 6.26. The number of hydrogen-bond acceptors (Lipinski definition) is 0. The second-order valence-electron chi connectivity index (χ2n) is 14.5. The summed E-state index contributed by atoms with van der Waals surface area (Å²) in [5, 5.41) is 10.7. The molecule has 0 heteroatoms. The molecule has 0 heterocycles. The Morgan fingerprint density at radius 1 is 0.304 bits per heavy atom. The summed E-state index contributed by atoms with van der Waals surface area (Å²) in [7, 11) is 0.